The van der Waals surface area contributed by atoms with E-state index in [0.717, 1.165) is 11.3 Å². The summed E-state index contributed by atoms with van der Waals surface area (Å²) in [5, 5.41) is 18.0. The number of anilines is 1. The molecule has 0 fully saturated rings. The lowest BCUT2D eigenvalue weighted by molar-refractivity contribution is 0.202. The molecule has 0 bridgehead atoms. The van der Waals surface area contributed by atoms with Crippen molar-refractivity contribution in [1.29, 1.82) is 5.26 Å². The summed E-state index contributed by atoms with van der Waals surface area (Å²) in [4.78, 5) is 12.3. The molecule has 0 unspecified atom stereocenters. The molecular weight excluding hydrogens is 254 g/mol. The monoisotopic (exact) mass is 269 g/mol. The molecule has 0 radical (unpaired) electrons. The molecule has 0 aliphatic rings. The summed E-state index contributed by atoms with van der Waals surface area (Å²) >= 11 is 0. The summed E-state index contributed by atoms with van der Waals surface area (Å²) in [5.41, 5.74) is 3.09. The second-order valence-corrected chi connectivity index (χ2v) is 4.35. The molecule has 0 saturated carbocycles. The van der Waals surface area contributed by atoms with E-state index in [0.29, 0.717) is 17.9 Å². The third-order valence-electron chi connectivity index (χ3n) is 3.26. The molecule has 102 valence electrons. The van der Waals surface area contributed by atoms with Crippen molar-refractivity contribution >= 4 is 11.8 Å². The van der Waals surface area contributed by atoms with Crippen LogP contribution in [-0.2, 0) is 7.05 Å². The van der Waals surface area contributed by atoms with Gasteiger partial charge in [0, 0.05) is 25.0 Å². The van der Waals surface area contributed by atoms with Gasteiger partial charge in [-0.05, 0) is 36.8 Å². The maximum Gasteiger partial charge on any atom is 0.411 e. The molecule has 5 nitrogen and oxygen atoms in total. The number of carboxylic acid groups (broad SMARTS) is 1. The highest BCUT2D eigenvalue weighted by molar-refractivity contribution is 5.86. The third kappa shape index (κ3) is 2.36. The zero-order valence-corrected chi connectivity index (χ0v) is 11.4. The maximum atomic E-state index is 11.1. The SMILES string of the molecule is CCN(C(=O)O)c1ccc(-c2ccc(C#N)n2C)cc1. The number of amides is 1. The largest absolute Gasteiger partial charge is 0.465 e. The molecular formula is C15H15N3O2. The molecule has 5 heteroatoms. The molecule has 1 aromatic heterocycles. The normalized spacial score (nSPS) is 10.1. The van der Waals surface area contributed by atoms with Crippen molar-refractivity contribution in [2.75, 3.05) is 11.4 Å². The average Bonchev–Trinajstić information content (AvgIpc) is 2.81. The van der Waals surface area contributed by atoms with Gasteiger partial charge in [0.2, 0.25) is 0 Å². The molecule has 0 aliphatic heterocycles. The Kier molecular flexibility index (Phi) is 3.76. The van der Waals surface area contributed by atoms with E-state index in [1.54, 1.807) is 25.1 Å². The van der Waals surface area contributed by atoms with Gasteiger partial charge >= 0.3 is 6.09 Å². The summed E-state index contributed by atoms with van der Waals surface area (Å²) < 4.78 is 1.81. The average molecular weight is 269 g/mol. The standard InChI is InChI=1S/C15H15N3O2/c1-3-18(15(19)20)12-6-4-11(5-7-12)14-9-8-13(10-16)17(14)2/h4-9H,3H2,1-2H3,(H,19,20). The van der Waals surface area contributed by atoms with Crippen LogP contribution < -0.4 is 4.90 Å². The number of benzene rings is 1. The summed E-state index contributed by atoms with van der Waals surface area (Å²) in [7, 11) is 1.83. The topological polar surface area (TPSA) is 69.3 Å². The Bertz CT molecular complexity index is 665. The molecule has 1 heterocycles. The van der Waals surface area contributed by atoms with Gasteiger partial charge in [-0.1, -0.05) is 12.1 Å². The second kappa shape index (κ2) is 5.49. The zero-order chi connectivity index (χ0) is 14.7. The number of nitrogens with zero attached hydrogens (tertiary/aromatic N) is 3. The van der Waals surface area contributed by atoms with Crippen LogP contribution in [0.1, 0.15) is 12.6 Å². The lowest BCUT2D eigenvalue weighted by Gasteiger charge is -2.17. The van der Waals surface area contributed by atoms with Crippen LogP contribution in [0, 0.1) is 11.3 Å². The Morgan fingerprint density at radius 2 is 1.95 bits per heavy atom. The molecule has 0 atom stereocenters. The Balaban J connectivity index is 2.35. The molecule has 0 spiro atoms. The minimum atomic E-state index is -0.967. The fourth-order valence-electron chi connectivity index (χ4n) is 2.15. The van der Waals surface area contributed by atoms with E-state index in [1.807, 2.05) is 29.8 Å². The number of aromatic nitrogens is 1. The number of carbonyl (C=O) groups is 1. The Hall–Kier alpha value is -2.74. The lowest BCUT2D eigenvalue weighted by atomic mass is 10.1. The number of hydrogen-bond donors (Lipinski definition) is 1. The third-order valence-corrected chi connectivity index (χ3v) is 3.26. The van der Waals surface area contributed by atoms with Crippen LogP contribution in [0.4, 0.5) is 10.5 Å². The lowest BCUT2D eigenvalue weighted by Crippen LogP contribution is -2.28. The molecule has 0 saturated heterocycles. The second-order valence-electron chi connectivity index (χ2n) is 4.35. The van der Waals surface area contributed by atoms with Gasteiger partial charge in [-0.15, -0.1) is 0 Å². The Labute approximate surface area is 117 Å². The fraction of sp³-hybridized carbons (Fsp3) is 0.200. The highest BCUT2D eigenvalue weighted by Crippen LogP contribution is 2.24. The summed E-state index contributed by atoms with van der Waals surface area (Å²) in [6, 6.07) is 13.0. The van der Waals surface area contributed by atoms with Gasteiger partial charge in [0.1, 0.15) is 11.8 Å². The first kappa shape index (κ1) is 13.7. The van der Waals surface area contributed by atoms with Gasteiger partial charge in [0.25, 0.3) is 0 Å². The van der Waals surface area contributed by atoms with Crippen LogP contribution in [0.25, 0.3) is 11.3 Å². The van der Waals surface area contributed by atoms with E-state index < -0.39 is 6.09 Å². The predicted molar refractivity (Wildman–Crippen MR) is 76.6 cm³/mol. The van der Waals surface area contributed by atoms with E-state index in [-0.39, 0.29) is 0 Å². The van der Waals surface area contributed by atoms with Crippen molar-refractivity contribution < 1.29 is 9.90 Å². The van der Waals surface area contributed by atoms with Crippen LogP contribution in [0.15, 0.2) is 36.4 Å². The van der Waals surface area contributed by atoms with Crippen LogP contribution in [-0.4, -0.2) is 22.3 Å². The smallest absolute Gasteiger partial charge is 0.411 e. The van der Waals surface area contributed by atoms with Crippen LogP contribution >= 0.6 is 0 Å². The van der Waals surface area contributed by atoms with Gasteiger partial charge in [-0.25, -0.2) is 4.79 Å². The van der Waals surface area contributed by atoms with Gasteiger partial charge in [-0.3, -0.25) is 4.90 Å². The van der Waals surface area contributed by atoms with Crippen LogP contribution in [0.3, 0.4) is 0 Å². The van der Waals surface area contributed by atoms with Crippen molar-refractivity contribution in [3.8, 4) is 17.3 Å². The minimum Gasteiger partial charge on any atom is -0.465 e. The van der Waals surface area contributed by atoms with Gasteiger partial charge in [0.15, 0.2) is 0 Å². The van der Waals surface area contributed by atoms with E-state index in [9.17, 15) is 4.79 Å². The van der Waals surface area contributed by atoms with E-state index in [2.05, 4.69) is 6.07 Å². The zero-order valence-electron chi connectivity index (χ0n) is 11.4. The quantitative estimate of drug-likeness (QED) is 0.931. The van der Waals surface area contributed by atoms with Crippen molar-refractivity contribution in [3.05, 3.63) is 42.1 Å². The van der Waals surface area contributed by atoms with Crippen molar-refractivity contribution in [2.45, 2.75) is 6.92 Å². The Morgan fingerprint density at radius 1 is 1.30 bits per heavy atom. The molecule has 0 aliphatic carbocycles. The first-order valence-electron chi connectivity index (χ1n) is 6.25. The molecule has 2 aromatic rings. The van der Waals surface area contributed by atoms with Crippen LogP contribution in [0.5, 0.6) is 0 Å². The minimum absolute atomic E-state index is 0.400. The highest BCUT2D eigenvalue weighted by Gasteiger charge is 2.12. The van der Waals surface area contributed by atoms with Crippen molar-refractivity contribution in [3.63, 3.8) is 0 Å². The molecule has 1 amide bonds. The number of hydrogen-bond acceptors (Lipinski definition) is 2. The maximum absolute atomic E-state index is 11.1. The molecule has 1 aromatic carbocycles. The van der Waals surface area contributed by atoms with Gasteiger partial charge in [-0.2, -0.15) is 5.26 Å². The molecule has 20 heavy (non-hydrogen) atoms. The Morgan fingerprint density at radius 3 is 2.40 bits per heavy atom. The summed E-state index contributed by atoms with van der Waals surface area (Å²) in [6.07, 6.45) is -0.967. The highest BCUT2D eigenvalue weighted by atomic mass is 16.4. The predicted octanol–water partition coefficient (Wildman–Crippen LogP) is 3.07. The van der Waals surface area contributed by atoms with E-state index in [4.69, 9.17) is 10.4 Å². The van der Waals surface area contributed by atoms with E-state index in [1.165, 1.54) is 4.90 Å². The number of nitriles is 1. The summed E-state index contributed by atoms with van der Waals surface area (Å²) in [5.74, 6) is 0. The van der Waals surface area contributed by atoms with Crippen LogP contribution in [0.2, 0.25) is 0 Å². The van der Waals surface area contributed by atoms with Crippen molar-refractivity contribution in [1.82, 2.24) is 4.57 Å². The van der Waals surface area contributed by atoms with Gasteiger partial charge in [0.05, 0.1) is 0 Å². The van der Waals surface area contributed by atoms with E-state index >= 15 is 0 Å². The van der Waals surface area contributed by atoms with Crippen molar-refractivity contribution in [2.24, 2.45) is 7.05 Å². The fourth-order valence-corrected chi connectivity index (χ4v) is 2.15. The first-order chi connectivity index (χ1) is 9.58. The van der Waals surface area contributed by atoms with Gasteiger partial charge < -0.3 is 9.67 Å². The molecule has 2 rings (SSSR count). The molecule has 1 N–H and O–H groups in total. The first-order valence-corrected chi connectivity index (χ1v) is 6.25. The summed E-state index contributed by atoms with van der Waals surface area (Å²) in [6.45, 7) is 2.19. The number of rotatable bonds is 3.